The minimum atomic E-state index is -0.510. The fourth-order valence-corrected chi connectivity index (χ4v) is 1.35. The Morgan fingerprint density at radius 1 is 1.31 bits per heavy atom. The van der Waals surface area contributed by atoms with Crippen LogP contribution in [0.2, 0.25) is 0 Å². The van der Waals surface area contributed by atoms with Crippen molar-refractivity contribution in [1.82, 2.24) is 9.13 Å². The van der Waals surface area contributed by atoms with Gasteiger partial charge in [-0.1, -0.05) is 6.92 Å². The molecule has 0 unspecified atom stereocenters. The van der Waals surface area contributed by atoms with Gasteiger partial charge in [0.05, 0.1) is 6.61 Å². The van der Waals surface area contributed by atoms with Crippen LogP contribution in [0.1, 0.15) is 18.9 Å². The van der Waals surface area contributed by atoms with Crippen LogP contribution in [0.15, 0.2) is 9.59 Å². The second-order valence-corrected chi connectivity index (χ2v) is 3.42. The van der Waals surface area contributed by atoms with Crippen molar-refractivity contribution in [2.24, 2.45) is 14.1 Å². The molecule has 0 saturated heterocycles. The molecule has 1 aromatic rings. The van der Waals surface area contributed by atoms with Gasteiger partial charge in [-0.05, 0) is 6.42 Å². The minimum absolute atomic E-state index is 0.0954. The van der Waals surface area contributed by atoms with Gasteiger partial charge in [0.25, 0.3) is 5.56 Å². The van der Waals surface area contributed by atoms with Crippen molar-refractivity contribution in [3.63, 3.8) is 0 Å². The highest BCUT2D eigenvalue weighted by molar-refractivity contribution is 5.79. The van der Waals surface area contributed by atoms with Crippen LogP contribution in [0.3, 0.4) is 0 Å². The lowest BCUT2D eigenvalue weighted by Crippen LogP contribution is -2.39. The third-order valence-corrected chi connectivity index (χ3v) is 2.23. The lowest BCUT2D eigenvalue weighted by atomic mass is 10.3. The molecule has 0 amide bonds. The molecule has 1 rings (SSSR count). The van der Waals surface area contributed by atoms with Gasteiger partial charge in [-0.2, -0.15) is 0 Å². The maximum absolute atomic E-state index is 11.7. The Morgan fingerprint density at radius 2 is 1.94 bits per heavy atom. The van der Waals surface area contributed by atoms with E-state index in [1.165, 1.54) is 18.7 Å². The average Bonchev–Trinajstić information content (AvgIpc) is 2.29. The van der Waals surface area contributed by atoms with Gasteiger partial charge in [-0.15, -0.1) is 0 Å². The second-order valence-electron chi connectivity index (χ2n) is 3.42. The summed E-state index contributed by atoms with van der Waals surface area (Å²) in [6.45, 7) is 2.32. The molecule has 0 saturated carbocycles. The molecule has 0 aromatic carbocycles. The van der Waals surface area contributed by atoms with Gasteiger partial charge in [0, 0.05) is 20.3 Å². The standard InChI is InChI=1S/C10H15N3O3/c1-4-5-16-9-7(6-11)8(14)12(2)10(15)13(9)3/h6,11H,4-5H2,1-3H3. The lowest BCUT2D eigenvalue weighted by molar-refractivity contribution is 0.286. The third-order valence-electron chi connectivity index (χ3n) is 2.23. The van der Waals surface area contributed by atoms with Gasteiger partial charge in [0.1, 0.15) is 5.56 Å². The number of nitrogens with one attached hydrogen (secondary N) is 1. The molecule has 6 nitrogen and oxygen atoms in total. The normalized spacial score (nSPS) is 10.2. The summed E-state index contributed by atoms with van der Waals surface area (Å²) in [6, 6.07) is 0. The zero-order valence-electron chi connectivity index (χ0n) is 9.61. The number of rotatable bonds is 4. The Hall–Kier alpha value is -1.85. The summed E-state index contributed by atoms with van der Waals surface area (Å²) in [7, 11) is 2.89. The highest BCUT2D eigenvalue weighted by atomic mass is 16.5. The molecule has 16 heavy (non-hydrogen) atoms. The maximum atomic E-state index is 11.7. The van der Waals surface area contributed by atoms with Crippen molar-refractivity contribution >= 4 is 6.21 Å². The van der Waals surface area contributed by atoms with Crippen LogP contribution in [0, 0.1) is 5.41 Å². The van der Waals surface area contributed by atoms with E-state index in [2.05, 4.69) is 0 Å². The molecule has 0 fully saturated rings. The molecule has 0 aliphatic carbocycles. The first-order valence-electron chi connectivity index (χ1n) is 4.97. The molecular weight excluding hydrogens is 210 g/mol. The number of aromatic nitrogens is 2. The topological polar surface area (TPSA) is 77.1 Å². The summed E-state index contributed by atoms with van der Waals surface area (Å²) in [5, 5.41) is 7.19. The summed E-state index contributed by atoms with van der Waals surface area (Å²) >= 11 is 0. The van der Waals surface area contributed by atoms with Gasteiger partial charge >= 0.3 is 5.69 Å². The SMILES string of the molecule is CCCOc1c(C=N)c(=O)n(C)c(=O)n1C. The van der Waals surface area contributed by atoms with Crippen molar-refractivity contribution in [2.75, 3.05) is 6.61 Å². The van der Waals surface area contributed by atoms with Crippen LogP contribution in [0.25, 0.3) is 0 Å². The third kappa shape index (κ3) is 1.91. The maximum Gasteiger partial charge on any atom is 0.333 e. The fraction of sp³-hybridized carbons (Fsp3) is 0.500. The smallest absolute Gasteiger partial charge is 0.333 e. The predicted octanol–water partition coefficient (Wildman–Crippen LogP) is -0.130. The number of nitrogens with zero attached hydrogens (tertiary/aromatic N) is 2. The van der Waals surface area contributed by atoms with E-state index in [9.17, 15) is 9.59 Å². The quantitative estimate of drug-likeness (QED) is 0.725. The highest BCUT2D eigenvalue weighted by Crippen LogP contribution is 2.09. The van der Waals surface area contributed by atoms with E-state index in [0.717, 1.165) is 17.2 Å². The Bertz CT molecular complexity index is 513. The fourth-order valence-electron chi connectivity index (χ4n) is 1.35. The Labute approximate surface area is 92.6 Å². The zero-order valence-corrected chi connectivity index (χ0v) is 9.61. The molecule has 1 N–H and O–H groups in total. The van der Waals surface area contributed by atoms with Crippen molar-refractivity contribution in [2.45, 2.75) is 13.3 Å². The monoisotopic (exact) mass is 225 g/mol. The van der Waals surface area contributed by atoms with Crippen LogP contribution >= 0.6 is 0 Å². The van der Waals surface area contributed by atoms with E-state index in [1.54, 1.807) is 0 Å². The first-order valence-corrected chi connectivity index (χ1v) is 4.97. The summed E-state index contributed by atoms with van der Waals surface area (Å²) < 4.78 is 7.51. The summed E-state index contributed by atoms with van der Waals surface area (Å²) in [5.74, 6) is 0.157. The predicted molar refractivity (Wildman–Crippen MR) is 60.6 cm³/mol. The van der Waals surface area contributed by atoms with Crippen molar-refractivity contribution in [1.29, 1.82) is 5.41 Å². The van der Waals surface area contributed by atoms with E-state index in [4.69, 9.17) is 10.1 Å². The van der Waals surface area contributed by atoms with E-state index in [-0.39, 0.29) is 11.4 Å². The Kier molecular flexibility index (Phi) is 3.65. The minimum Gasteiger partial charge on any atom is -0.478 e. The van der Waals surface area contributed by atoms with Gasteiger partial charge < -0.3 is 10.1 Å². The molecule has 88 valence electrons. The van der Waals surface area contributed by atoms with Crippen LogP contribution in [0.5, 0.6) is 5.88 Å². The zero-order chi connectivity index (χ0) is 12.3. The molecule has 6 heteroatoms. The average molecular weight is 225 g/mol. The number of ether oxygens (including phenoxy) is 1. The van der Waals surface area contributed by atoms with E-state index in [1.807, 2.05) is 6.92 Å². The van der Waals surface area contributed by atoms with Crippen LogP contribution < -0.4 is 16.0 Å². The Balaban J connectivity index is 3.51. The first kappa shape index (κ1) is 12.2. The van der Waals surface area contributed by atoms with E-state index >= 15 is 0 Å². The van der Waals surface area contributed by atoms with Gasteiger partial charge in [-0.25, -0.2) is 4.79 Å². The molecule has 0 aliphatic rings. The van der Waals surface area contributed by atoms with Crippen molar-refractivity contribution < 1.29 is 4.74 Å². The molecule has 0 aliphatic heterocycles. The Morgan fingerprint density at radius 3 is 2.44 bits per heavy atom. The molecule has 0 spiro atoms. The van der Waals surface area contributed by atoms with Crippen molar-refractivity contribution in [3.05, 3.63) is 26.4 Å². The van der Waals surface area contributed by atoms with Gasteiger partial charge in [-0.3, -0.25) is 13.9 Å². The number of hydrogen-bond acceptors (Lipinski definition) is 4. The summed E-state index contributed by atoms with van der Waals surface area (Å²) in [6.07, 6.45) is 1.67. The molecule has 0 radical (unpaired) electrons. The largest absolute Gasteiger partial charge is 0.478 e. The molecule has 1 heterocycles. The van der Waals surface area contributed by atoms with E-state index in [0.29, 0.717) is 6.61 Å². The van der Waals surface area contributed by atoms with Gasteiger partial charge in [0.2, 0.25) is 5.88 Å². The second kappa shape index (κ2) is 4.78. The summed E-state index contributed by atoms with van der Waals surface area (Å²) in [5.41, 5.74) is -0.871. The van der Waals surface area contributed by atoms with Gasteiger partial charge in [0.15, 0.2) is 0 Å². The first-order chi connectivity index (χ1) is 7.54. The van der Waals surface area contributed by atoms with Crippen LogP contribution in [-0.2, 0) is 14.1 Å². The molecule has 1 aromatic heterocycles. The molecular formula is C10H15N3O3. The number of hydrogen-bond donors (Lipinski definition) is 1. The van der Waals surface area contributed by atoms with Crippen LogP contribution in [0.4, 0.5) is 0 Å². The molecule has 0 atom stereocenters. The van der Waals surface area contributed by atoms with E-state index < -0.39 is 11.2 Å². The van der Waals surface area contributed by atoms with Crippen molar-refractivity contribution in [3.8, 4) is 5.88 Å². The molecule has 0 bridgehead atoms. The van der Waals surface area contributed by atoms with Crippen LogP contribution in [-0.4, -0.2) is 22.0 Å². The summed E-state index contributed by atoms with van der Waals surface area (Å²) in [4.78, 5) is 23.3. The highest BCUT2D eigenvalue weighted by Gasteiger charge is 2.14. The lowest BCUT2D eigenvalue weighted by Gasteiger charge is -2.12.